The van der Waals surface area contributed by atoms with Gasteiger partial charge >= 0.3 is 0 Å². The number of aromatic nitrogens is 4. The number of fused-ring (bicyclic) bond motifs is 14. The Kier molecular flexibility index (Phi) is 5.92. The topological polar surface area (TPSA) is 43.1 Å². The highest BCUT2D eigenvalue weighted by molar-refractivity contribution is 6.26. The van der Waals surface area contributed by atoms with Crippen LogP contribution >= 0.6 is 0 Å². The molecule has 0 aliphatic heterocycles. The van der Waals surface area contributed by atoms with E-state index in [1.807, 2.05) is 24.3 Å². The molecule has 0 amide bonds. The molecule has 0 fully saturated rings. The predicted octanol–water partition coefficient (Wildman–Crippen LogP) is 12.0. The molecular weight excluding hydrogens is 621 g/mol. The van der Waals surface area contributed by atoms with Gasteiger partial charge in [-0.1, -0.05) is 146 Å². The molecule has 4 heteroatoms. The standard InChI is InChI=1S/C47H28N4/c1-2-13-29(14-3-1)45-49-44(43-38-21-8-9-22-39(38)46-48-41-23-10-11-24-42(41)51(46)47(43)50-45)32-16-12-15-30(27-32)31-25-26-37-35-19-5-4-17-33(35)34-18-6-7-20-36(34)40(37)28-31/h1-28H. The minimum absolute atomic E-state index is 0.682. The molecule has 3 aromatic heterocycles. The second-order valence-electron chi connectivity index (χ2n) is 13.2. The van der Waals surface area contributed by atoms with Crippen LogP contribution in [0, 0.1) is 0 Å². The third-order valence-corrected chi connectivity index (χ3v) is 10.3. The van der Waals surface area contributed by atoms with Crippen LogP contribution in [0.3, 0.4) is 0 Å². The number of imidazole rings is 1. The zero-order chi connectivity index (χ0) is 33.5. The summed E-state index contributed by atoms with van der Waals surface area (Å²) < 4.78 is 2.22. The lowest BCUT2D eigenvalue weighted by atomic mass is 9.91. The van der Waals surface area contributed by atoms with Gasteiger partial charge in [-0.2, -0.15) is 0 Å². The van der Waals surface area contributed by atoms with E-state index < -0.39 is 0 Å². The van der Waals surface area contributed by atoms with Crippen molar-refractivity contribution in [2.24, 2.45) is 0 Å². The second kappa shape index (κ2) is 10.8. The minimum Gasteiger partial charge on any atom is -0.276 e. The Morgan fingerprint density at radius 3 is 1.67 bits per heavy atom. The molecule has 0 atom stereocenters. The van der Waals surface area contributed by atoms with Crippen LogP contribution < -0.4 is 0 Å². The molecule has 0 N–H and O–H groups in total. The number of benzene rings is 8. The van der Waals surface area contributed by atoms with Gasteiger partial charge in [0, 0.05) is 16.5 Å². The highest BCUT2D eigenvalue weighted by Gasteiger charge is 2.21. The summed E-state index contributed by atoms with van der Waals surface area (Å²) in [6, 6.07) is 60.3. The zero-order valence-electron chi connectivity index (χ0n) is 27.5. The van der Waals surface area contributed by atoms with Crippen LogP contribution in [-0.2, 0) is 0 Å². The van der Waals surface area contributed by atoms with Crippen molar-refractivity contribution in [3.8, 4) is 33.8 Å². The van der Waals surface area contributed by atoms with E-state index in [9.17, 15) is 0 Å². The van der Waals surface area contributed by atoms with Gasteiger partial charge in [-0.05, 0) is 73.1 Å². The number of hydrogen-bond donors (Lipinski definition) is 0. The first-order valence-electron chi connectivity index (χ1n) is 17.3. The van der Waals surface area contributed by atoms with Gasteiger partial charge in [0.2, 0.25) is 0 Å². The molecule has 0 aliphatic carbocycles. The summed E-state index contributed by atoms with van der Waals surface area (Å²) in [5, 5.41) is 10.8. The van der Waals surface area contributed by atoms with Crippen LogP contribution in [-0.4, -0.2) is 19.4 Å². The van der Waals surface area contributed by atoms with E-state index in [0.29, 0.717) is 5.82 Å². The quantitative estimate of drug-likeness (QED) is 0.179. The van der Waals surface area contributed by atoms with Gasteiger partial charge < -0.3 is 0 Å². The molecule has 0 aliphatic rings. The van der Waals surface area contributed by atoms with Gasteiger partial charge in [-0.15, -0.1) is 0 Å². The monoisotopic (exact) mass is 648 g/mol. The van der Waals surface area contributed by atoms with Crippen LogP contribution in [0.2, 0.25) is 0 Å². The highest BCUT2D eigenvalue weighted by atomic mass is 15.1. The van der Waals surface area contributed by atoms with Crippen molar-refractivity contribution in [2.45, 2.75) is 0 Å². The third-order valence-electron chi connectivity index (χ3n) is 10.3. The summed E-state index contributed by atoms with van der Waals surface area (Å²) in [7, 11) is 0. The molecule has 51 heavy (non-hydrogen) atoms. The molecule has 0 saturated heterocycles. The summed E-state index contributed by atoms with van der Waals surface area (Å²) in [6.45, 7) is 0. The van der Waals surface area contributed by atoms with Crippen molar-refractivity contribution in [3.63, 3.8) is 0 Å². The van der Waals surface area contributed by atoms with Crippen LogP contribution in [0.5, 0.6) is 0 Å². The van der Waals surface area contributed by atoms with Crippen molar-refractivity contribution < 1.29 is 0 Å². The maximum atomic E-state index is 5.38. The van der Waals surface area contributed by atoms with E-state index in [2.05, 4.69) is 150 Å². The summed E-state index contributed by atoms with van der Waals surface area (Å²) >= 11 is 0. The first-order chi connectivity index (χ1) is 25.3. The van der Waals surface area contributed by atoms with E-state index in [4.69, 9.17) is 15.0 Å². The van der Waals surface area contributed by atoms with Gasteiger partial charge in [0.25, 0.3) is 0 Å². The van der Waals surface area contributed by atoms with Gasteiger partial charge in [-0.25, -0.2) is 15.0 Å². The Morgan fingerprint density at radius 2 is 0.902 bits per heavy atom. The molecule has 0 spiro atoms. The summed E-state index contributed by atoms with van der Waals surface area (Å²) in [5.74, 6) is 0.682. The molecule has 3 heterocycles. The number of hydrogen-bond acceptors (Lipinski definition) is 3. The molecule has 236 valence electrons. The smallest absolute Gasteiger partial charge is 0.162 e. The van der Waals surface area contributed by atoms with E-state index in [1.54, 1.807) is 0 Å². The summed E-state index contributed by atoms with van der Waals surface area (Å²) in [6.07, 6.45) is 0. The van der Waals surface area contributed by atoms with E-state index in [0.717, 1.165) is 60.9 Å². The first kappa shape index (κ1) is 28.0. The number of pyridine rings is 1. The second-order valence-corrected chi connectivity index (χ2v) is 13.2. The van der Waals surface area contributed by atoms with Crippen LogP contribution in [0.4, 0.5) is 0 Å². The minimum atomic E-state index is 0.682. The van der Waals surface area contributed by atoms with Gasteiger partial charge in [0.1, 0.15) is 5.65 Å². The van der Waals surface area contributed by atoms with Gasteiger partial charge in [-0.3, -0.25) is 4.40 Å². The molecule has 0 unspecified atom stereocenters. The fourth-order valence-electron chi connectivity index (χ4n) is 8.03. The van der Waals surface area contributed by atoms with E-state index >= 15 is 0 Å². The van der Waals surface area contributed by atoms with E-state index in [-0.39, 0.29) is 0 Å². The molecule has 0 radical (unpaired) electrons. The van der Waals surface area contributed by atoms with Crippen LogP contribution in [0.25, 0.3) is 105 Å². The van der Waals surface area contributed by atoms with Crippen molar-refractivity contribution >= 4 is 70.8 Å². The SMILES string of the molecule is c1ccc(-c2nc(-c3cccc(-c4ccc5c6ccccc6c6ccccc6c5c4)c3)c3c4ccccc4c4nc5ccccc5n4c3n2)cc1. The maximum Gasteiger partial charge on any atom is 0.162 e. The Labute approximate surface area is 292 Å². The summed E-state index contributed by atoms with van der Waals surface area (Å²) in [5.41, 5.74) is 8.91. The lowest BCUT2D eigenvalue weighted by Gasteiger charge is -2.15. The van der Waals surface area contributed by atoms with E-state index in [1.165, 1.54) is 37.9 Å². The molecule has 11 aromatic rings. The average Bonchev–Trinajstić information content (AvgIpc) is 3.61. The fourth-order valence-corrected chi connectivity index (χ4v) is 8.03. The fraction of sp³-hybridized carbons (Fsp3) is 0. The van der Waals surface area contributed by atoms with Gasteiger partial charge in [0.05, 0.1) is 22.1 Å². The Balaban J connectivity index is 1.21. The van der Waals surface area contributed by atoms with Crippen LogP contribution in [0.1, 0.15) is 0 Å². The van der Waals surface area contributed by atoms with Crippen molar-refractivity contribution in [1.82, 2.24) is 19.4 Å². The number of nitrogens with zero attached hydrogens (tertiary/aromatic N) is 4. The zero-order valence-corrected chi connectivity index (χ0v) is 27.5. The molecule has 8 aromatic carbocycles. The Bertz CT molecular complexity index is 3160. The molecule has 11 rings (SSSR count). The predicted molar refractivity (Wildman–Crippen MR) is 212 cm³/mol. The number of para-hydroxylation sites is 2. The van der Waals surface area contributed by atoms with Crippen molar-refractivity contribution in [3.05, 3.63) is 170 Å². The summed E-state index contributed by atoms with van der Waals surface area (Å²) in [4.78, 5) is 15.8. The lowest BCUT2D eigenvalue weighted by molar-refractivity contribution is 1.17. The molecule has 4 nitrogen and oxygen atoms in total. The average molecular weight is 649 g/mol. The van der Waals surface area contributed by atoms with Crippen LogP contribution in [0.15, 0.2) is 170 Å². The lowest BCUT2D eigenvalue weighted by Crippen LogP contribution is -2.01. The first-order valence-corrected chi connectivity index (χ1v) is 17.3. The largest absolute Gasteiger partial charge is 0.276 e. The van der Waals surface area contributed by atoms with Crippen molar-refractivity contribution in [1.29, 1.82) is 0 Å². The van der Waals surface area contributed by atoms with Crippen molar-refractivity contribution in [2.75, 3.05) is 0 Å². The number of rotatable bonds is 3. The maximum absolute atomic E-state index is 5.38. The Morgan fingerprint density at radius 1 is 0.333 bits per heavy atom. The van der Waals surface area contributed by atoms with Gasteiger partial charge in [0.15, 0.2) is 11.5 Å². The molecule has 0 bridgehead atoms. The third kappa shape index (κ3) is 4.17. The highest BCUT2D eigenvalue weighted by Crippen LogP contribution is 2.40. The normalized spacial score (nSPS) is 11.9. The molecular formula is C47H28N4. The Hall–Kier alpha value is -6.91. The molecule has 0 saturated carbocycles.